The summed E-state index contributed by atoms with van der Waals surface area (Å²) in [4.78, 5) is 9.09. The topological polar surface area (TPSA) is 31.4 Å². The first kappa shape index (κ1) is 20.2. The molecular weight excluding hydrogens is 400 g/mol. The third kappa shape index (κ3) is 3.30. The molecule has 0 saturated carbocycles. The molecule has 2 aliphatic heterocycles. The minimum absolute atomic E-state index is 0.00626. The SMILES string of the molecule is CCN1C(=S)NC(c2ccccn2)C1c1cc2c(cc1Cl)N(C)C(C)(C)C=C2C. The number of fused-ring (bicyclic) bond motifs is 1. The largest absolute Gasteiger partial charge is 0.365 e. The number of likely N-dealkylation sites (N-methyl/N-ethyl adjacent to an activating group) is 2. The maximum Gasteiger partial charge on any atom is 0.170 e. The van der Waals surface area contributed by atoms with Gasteiger partial charge in [0.2, 0.25) is 0 Å². The number of rotatable bonds is 3. The van der Waals surface area contributed by atoms with Crippen LogP contribution in [0.1, 0.15) is 56.6 Å². The zero-order valence-corrected chi connectivity index (χ0v) is 19.1. The van der Waals surface area contributed by atoms with Crippen LogP contribution in [0.3, 0.4) is 0 Å². The van der Waals surface area contributed by atoms with Gasteiger partial charge in [0.05, 0.1) is 23.3 Å². The minimum Gasteiger partial charge on any atom is -0.365 e. The number of hydrogen-bond donors (Lipinski definition) is 1. The summed E-state index contributed by atoms with van der Waals surface area (Å²) < 4.78 is 0. The van der Waals surface area contributed by atoms with Crippen LogP contribution >= 0.6 is 23.8 Å². The number of hydrogen-bond acceptors (Lipinski definition) is 3. The van der Waals surface area contributed by atoms with Crippen molar-refractivity contribution in [1.29, 1.82) is 0 Å². The van der Waals surface area contributed by atoms with E-state index < -0.39 is 0 Å². The smallest absolute Gasteiger partial charge is 0.170 e. The lowest BCUT2D eigenvalue weighted by atomic mass is 9.86. The number of nitrogens with one attached hydrogen (secondary N) is 1. The van der Waals surface area contributed by atoms with E-state index >= 15 is 0 Å². The average Bonchev–Trinajstić information content (AvgIpc) is 3.02. The molecule has 2 atom stereocenters. The molecule has 0 amide bonds. The predicted octanol–water partition coefficient (Wildman–Crippen LogP) is 5.36. The monoisotopic (exact) mass is 426 g/mol. The maximum atomic E-state index is 6.91. The number of halogens is 1. The van der Waals surface area contributed by atoms with Crippen LogP contribution in [0.2, 0.25) is 5.02 Å². The number of aromatic nitrogens is 1. The third-order valence-electron chi connectivity index (χ3n) is 6.19. The van der Waals surface area contributed by atoms with E-state index in [0.29, 0.717) is 0 Å². The van der Waals surface area contributed by atoms with Gasteiger partial charge in [-0.05, 0) is 75.3 Å². The Labute approximate surface area is 183 Å². The lowest BCUT2D eigenvalue weighted by Crippen LogP contribution is -2.42. The highest BCUT2D eigenvalue weighted by Crippen LogP contribution is 2.46. The van der Waals surface area contributed by atoms with Gasteiger partial charge in [0.1, 0.15) is 0 Å². The van der Waals surface area contributed by atoms with E-state index in [9.17, 15) is 0 Å². The van der Waals surface area contributed by atoms with Crippen LogP contribution in [-0.4, -0.2) is 34.1 Å². The summed E-state index contributed by atoms with van der Waals surface area (Å²) in [5.41, 5.74) is 5.65. The van der Waals surface area contributed by atoms with Gasteiger partial charge >= 0.3 is 0 Å². The van der Waals surface area contributed by atoms with Crippen molar-refractivity contribution >= 4 is 40.2 Å². The van der Waals surface area contributed by atoms with Gasteiger partial charge in [-0.15, -0.1) is 0 Å². The van der Waals surface area contributed by atoms with E-state index in [1.165, 1.54) is 11.1 Å². The summed E-state index contributed by atoms with van der Waals surface area (Å²) in [6.07, 6.45) is 4.14. The molecule has 3 heterocycles. The van der Waals surface area contributed by atoms with Gasteiger partial charge < -0.3 is 15.1 Å². The summed E-state index contributed by atoms with van der Waals surface area (Å²) in [7, 11) is 2.12. The number of allylic oxidation sites excluding steroid dienone is 1. The predicted molar refractivity (Wildman–Crippen MR) is 125 cm³/mol. The first-order valence-electron chi connectivity index (χ1n) is 9.99. The Hall–Kier alpha value is -2.11. The highest BCUT2D eigenvalue weighted by Gasteiger charge is 2.41. The molecule has 0 spiro atoms. The van der Waals surface area contributed by atoms with Crippen LogP contribution < -0.4 is 10.2 Å². The van der Waals surface area contributed by atoms with Gasteiger partial charge in [-0.2, -0.15) is 0 Å². The molecule has 1 fully saturated rings. The number of pyridine rings is 1. The molecule has 2 aromatic rings. The molecule has 0 bridgehead atoms. The molecule has 4 nitrogen and oxygen atoms in total. The molecule has 6 heteroatoms. The van der Waals surface area contributed by atoms with Crippen molar-refractivity contribution < 1.29 is 0 Å². The van der Waals surface area contributed by atoms with Crippen molar-refractivity contribution in [2.45, 2.75) is 45.3 Å². The molecule has 4 rings (SSSR count). The zero-order chi connectivity index (χ0) is 20.9. The Kier molecular flexibility index (Phi) is 5.07. The number of anilines is 1. The number of thiocarbonyl (C=S) groups is 1. The molecule has 2 aliphatic rings. The van der Waals surface area contributed by atoms with Gasteiger partial charge in [0.25, 0.3) is 0 Å². The van der Waals surface area contributed by atoms with Crippen LogP contribution in [0.5, 0.6) is 0 Å². The quantitative estimate of drug-likeness (QED) is 0.668. The molecule has 0 aliphatic carbocycles. The second-order valence-corrected chi connectivity index (χ2v) is 9.14. The number of benzene rings is 1. The zero-order valence-electron chi connectivity index (χ0n) is 17.5. The van der Waals surface area contributed by atoms with Gasteiger partial charge in [-0.3, -0.25) is 4.98 Å². The summed E-state index contributed by atoms with van der Waals surface area (Å²) in [6, 6.07) is 10.3. The number of nitrogens with zero attached hydrogens (tertiary/aromatic N) is 3. The Morgan fingerprint density at radius 1 is 1.28 bits per heavy atom. The van der Waals surface area contributed by atoms with Crippen molar-refractivity contribution in [3.63, 3.8) is 0 Å². The minimum atomic E-state index is -0.0512. The first-order chi connectivity index (χ1) is 13.7. The third-order valence-corrected chi connectivity index (χ3v) is 6.87. The molecule has 2 unspecified atom stereocenters. The lowest BCUT2D eigenvalue weighted by molar-refractivity contribution is 0.331. The molecule has 1 aromatic carbocycles. The van der Waals surface area contributed by atoms with Crippen molar-refractivity contribution in [1.82, 2.24) is 15.2 Å². The highest BCUT2D eigenvalue weighted by molar-refractivity contribution is 7.80. The second-order valence-electron chi connectivity index (χ2n) is 8.34. The highest BCUT2D eigenvalue weighted by atomic mass is 35.5. The lowest BCUT2D eigenvalue weighted by Gasteiger charge is -2.41. The fourth-order valence-corrected chi connectivity index (χ4v) is 5.14. The van der Waals surface area contributed by atoms with Crippen LogP contribution in [-0.2, 0) is 0 Å². The van der Waals surface area contributed by atoms with Gasteiger partial charge in [0, 0.05) is 36.1 Å². The van der Waals surface area contributed by atoms with Crippen LogP contribution in [0.15, 0.2) is 42.6 Å². The van der Waals surface area contributed by atoms with Crippen molar-refractivity contribution in [3.8, 4) is 0 Å². The van der Waals surface area contributed by atoms with E-state index in [4.69, 9.17) is 23.8 Å². The van der Waals surface area contributed by atoms with E-state index in [-0.39, 0.29) is 17.6 Å². The van der Waals surface area contributed by atoms with Crippen molar-refractivity contribution in [3.05, 3.63) is 64.4 Å². The normalized spacial score (nSPS) is 23.0. The molecule has 152 valence electrons. The molecule has 0 radical (unpaired) electrons. The summed E-state index contributed by atoms with van der Waals surface area (Å²) in [5, 5.41) is 4.98. The molecule has 29 heavy (non-hydrogen) atoms. The van der Waals surface area contributed by atoms with Gasteiger partial charge in [-0.1, -0.05) is 23.7 Å². The maximum absolute atomic E-state index is 6.91. The molecule has 1 saturated heterocycles. The first-order valence-corrected chi connectivity index (χ1v) is 10.8. The molecule has 1 N–H and O–H groups in total. The van der Waals surface area contributed by atoms with Crippen molar-refractivity contribution in [2.75, 3.05) is 18.5 Å². The summed E-state index contributed by atoms with van der Waals surface area (Å²) in [5.74, 6) is 0. The second kappa shape index (κ2) is 7.29. The Balaban J connectivity index is 1.86. The van der Waals surface area contributed by atoms with Gasteiger partial charge in [-0.25, -0.2) is 0 Å². The fraction of sp³-hybridized carbons (Fsp3) is 0.391. The standard InChI is InChI=1S/C23H27ClN4S/c1-6-28-21(20(26-22(28)29)18-9-7-8-10-25-18)16-11-15-14(2)13-23(3,4)27(5)19(15)12-17(16)24/h7-13,20-21H,6H2,1-5H3,(H,26,29). The van der Waals surface area contributed by atoms with Crippen LogP contribution in [0.4, 0.5) is 5.69 Å². The molecular formula is C23H27ClN4S. The Morgan fingerprint density at radius 2 is 2.03 bits per heavy atom. The Bertz CT molecular complexity index is 986. The van der Waals surface area contributed by atoms with E-state index in [1.54, 1.807) is 0 Å². The summed E-state index contributed by atoms with van der Waals surface area (Å²) in [6.45, 7) is 9.54. The van der Waals surface area contributed by atoms with E-state index in [0.717, 1.165) is 33.6 Å². The fourth-order valence-electron chi connectivity index (χ4n) is 4.50. The van der Waals surface area contributed by atoms with Gasteiger partial charge in [0.15, 0.2) is 5.11 Å². The Morgan fingerprint density at radius 3 is 2.69 bits per heavy atom. The summed E-state index contributed by atoms with van der Waals surface area (Å²) >= 11 is 12.6. The van der Waals surface area contributed by atoms with Crippen molar-refractivity contribution in [2.24, 2.45) is 0 Å². The van der Waals surface area contributed by atoms with E-state index in [1.807, 2.05) is 24.4 Å². The van der Waals surface area contributed by atoms with Crippen LogP contribution in [0.25, 0.3) is 5.57 Å². The van der Waals surface area contributed by atoms with E-state index in [2.05, 4.69) is 73.1 Å². The van der Waals surface area contributed by atoms with Crippen LogP contribution in [0, 0.1) is 0 Å². The average molecular weight is 427 g/mol. The molecule has 1 aromatic heterocycles.